The fourth-order valence-corrected chi connectivity index (χ4v) is 3.74. The van der Waals surface area contributed by atoms with Gasteiger partial charge in [0.1, 0.15) is 11.5 Å². The molecule has 7 nitrogen and oxygen atoms in total. The highest BCUT2D eigenvalue weighted by Gasteiger charge is 2.21. The van der Waals surface area contributed by atoms with Gasteiger partial charge in [0.05, 0.1) is 38.8 Å². The number of amides is 1. The van der Waals surface area contributed by atoms with E-state index in [-0.39, 0.29) is 5.91 Å². The smallest absolute Gasteiger partial charge is 0.223 e. The maximum absolute atomic E-state index is 12.7. The Kier molecular flexibility index (Phi) is 6.52. The summed E-state index contributed by atoms with van der Waals surface area (Å²) in [4.78, 5) is 14.6. The quantitative estimate of drug-likeness (QED) is 0.585. The number of ether oxygens (including phenoxy) is 3. The zero-order valence-electron chi connectivity index (χ0n) is 17.9. The molecule has 2 aromatic carbocycles. The number of methoxy groups -OCH3 is 2. The van der Waals surface area contributed by atoms with Crippen molar-refractivity contribution in [2.24, 2.45) is 0 Å². The van der Waals surface area contributed by atoms with Gasteiger partial charge in [-0.05, 0) is 42.3 Å². The van der Waals surface area contributed by atoms with E-state index in [9.17, 15) is 4.79 Å². The molecule has 7 heteroatoms. The molecule has 2 heterocycles. The number of hydrogen-bond donors (Lipinski definition) is 0. The molecule has 0 saturated carbocycles. The van der Waals surface area contributed by atoms with Crippen molar-refractivity contribution in [2.45, 2.75) is 12.8 Å². The van der Waals surface area contributed by atoms with Gasteiger partial charge in [0, 0.05) is 31.3 Å². The van der Waals surface area contributed by atoms with Crippen molar-refractivity contribution >= 4 is 5.91 Å². The van der Waals surface area contributed by atoms with Crippen LogP contribution in [0.1, 0.15) is 12.0 Å². The van der Waals surface area contributed by atoms with Gasteiger partial charge in [0.25, 0.3) is 0 Å². The lowest BCUT2D eigenvalue weighted by Gasteiger charge is -2.26. The molecule has 1 saturated heterocycles. The molecule has 1 aliphatic rings. The van der Waals surface area contributed by atoms with E-state index in [1.165, 1.54) is 0 Å². The Balaban J connectivity index is 1.68. The minimum atomic E-state index is 0.138. The lowest BCUT2D eigenvalue weighted by molar-refractivity contribution is -0.135. The van der Waals surface area contributed by atoms with Gasteiger partial charge >= 0.3 is 0 Å². The maximum Gasteiger partial charge on any atom is 0.223 e. The highest BCUT2D eigenvalue weighted by atomic mass is 16.5. The standard InChI is InChI=1S/C24H27N3O4/c1-29-20-9-10-22(30-2)21(16-20)24-18(8-11-23(28)26-12-14-31-15-13-26)17-27(25-24)19-6-4-3-5-7-19/h3-7,9-10,16-17H,8,11-15H2,1-2H3. The molecule has 4 rings (SSSR count). The van der Waals surface area contributed by atoms with Crippen LogP contribution in [0.5, 0.6) is 11.5 Å². The van der Waals surface area contributed by atoms with Crippen molar-refractivity contribution in [3.8, 4) is 28.4 Å². The number of carbonyl (C=O) groups excluding carboxylic acids is 1. The molecule has 162 valence electrons. The second-order valence-electron chi connectivity index (χ2n) is 7.34. The molecule has 0 unspecified atom stereocenters. The number of nitrogens with zero attached hydrogens (tertiary/aromatic N) is 3. The van der Waals surface area contributed by atoms with E-state index in [4.69, 9.17) is 19.3 Å². The lowest BCUT2D eigenvalue weighted by Crippen LogP contribution is -2.40. The molecule has 1 aromatic heterocycles. The molecule has 0 aliphatic carbocycles. The van der Waals surface area contributed by atoms with Gasteiger partial charge in [-0.3, -0.25) is 4.79 Å². The van der Waals surface area contributed by atoms with Gasteiger partial charge in [0.15, 0.2) is 0 Å². The molecule has 0 spiro atoms. The third-order valence-electron chi connectivity index (χ3n) is 5.44. The zero-order valence-corrected chi connectivity index (χ0v) is 17.9. The molecular formula is C24H27N3O4. The number of hydrogen-bond acceptors (Lipinski definition) is 5. The number of benzene rings is 2. The van der Waals surface area contributed by atoms with Crippen LogP contribution in [0.15, 0.2) is 54.7 Å². The van der Waals surface area contributed by atoms with Crippen molar-refractivity contribution in [1.82, 2.24) is 14.7 Å². The largest absolute Gasteiger partial charge is 0.497 e. The molecular weight excluding hydrogens is 394 g/mol. The highest BCUT2D eigenvalue weighted by molar-refractivity contribution is 5.77. The number of aryl methyl sites for hydroxylation is 1. The molecule has 1 fully saturated rings. The average molecular weight is 421 g/mol. The average Bonchev–Trinajstić information content (AvgIpc) is 3.27. The number of rotatable bonds is 7. The Morgan fingerprint density at radius 3 is 2.55 bits per heavy atom. The van der Waals surface area contributed by atoms with E-state index in [1.807, 2.05) is 64.3 Å². The molecule has 3 aromatic rings. The van der Waals surface area contributed by atoms with Crippen molar-refractivity contribution in [3.63, 3.8) is 0 Å². The third kappa shape index (κ3) is 4.72. The van der Waals surface area contributed by atoms with Crippen molar-refractivity contribution < 1.29 is 19.0 Å². The molecule has 0 N–H and O–H groups in total. The van der Waals surface area contributed by atoms with Crippen LogP contribution >= 0.6 is 0 Å². The van der Waals surface area contributed by atoms with Crippen molar-refractivity contribution in [1.29, 1.82) is 0 Å². The minimum Gasteiger partial charge on any atom is -0.497 e. The second-order valence-corrected chi connectivity index (χ2v) is 7.34. The first-order valence-corrected chi connectivity index (χ1v) is 10.4. The summed E-state index contributed by atoms with van der Waals surface area (Å²) < 4.78 is 18.2. The summed E-state index contributed by atoms with van der Waals surface area (Å²) in [5.41, 5.74) is 3.56. The van der Waals surface area contributed by atoms with Crippen molar-refractivity contribution in [2.75, 3.05) is 40.5 Å². The molecule has 1 aliphatic heterocycles. The van der Waals surface area contributed by atoms with Crippen LogP contribution < -0.4 is 9.47 Å². The van der Waals surface area contributed by atoms with Crippen molar-refractivity contribution in [3.05, 3.63) is 60.3 Å². The van der Waals surface area contributed by atoms with Gasteiger partial charge in [-0.15, -0.1) is 0 Å². The van der Waals surface area contributed by atoms with Crippen LogP contribution in [0.3, 0.4) is 0 Å². The second kappa shape index (κ2) is 9.66. The van der Waals surface area contributed by atoms with E-state index < -0.39 is 0 Å². The Labute approximate surface area is 182 Å². The summed E-state index contributed by atoms with van der Waals surface area (Å²) in [5.74, 6) is 1.57. The summed E-state index contributed by atoms with van der Waals surface area (Å²) in [6.45, 7) is 2.51. The van der Waals surface area contributed by atoms with E-state index in [1.54, 1.807) is 14.2 Å². The van der Waals surface area contributed by atoms with Crippen LogP contribution in [-0.2, 0) is 16.0 Å². The molecule has 1 amide bonds. The summed E-state index contributed by atoms with van der Waals surface area (Å²) in [7, 11) is 3.27. The Morgan fingerprint density at radius 1 is 1.06 bits per heavy atom. The first-order valence-electron chi connectivity index (χ1n) is 10.4. The highest BCUT2D eigenvalue weighted by Crippen LogP contribution is 2.35. The first-order chi connectivity index (χ1) is 15.2. The number of aromatic nitrogens is 2. The summed E-state index contributed by atoms with van der Waals surface area (Å²) >= 11 is 0. The van der Waals surface area contributed by atoms with Gasteiger partial charge < -0.3 is 19.1 Å². The Bertz CT molecular complexity index is 1030. The van der Waals surface area contributed by atoms with E-state index in [2.05, 4.69) is 0 Å². The van der Waals surface area contributed by atoms with Crippen LogP contribution in [-0.4, -0.2) is 61.1 Å². The zero-order chi connectivity index (χ0) is 21.6. The van der Waals surface area contributed by atoms with Crippen LogP contribution in [0.4, 0.5) is 0 Å². The normalized spacial score (nSPS) is 13.8. The maximum atomic E-state index is 12.7. The molecule has 31 heavy (non-hydrogen) atoms. The number of para-hydroxylation sites is 1. The van der Waals surface area contributed by atoms with Crippen LogP contribution in [0.2, 0.25) is 0 Å². The van der Waals surface area contributed by atoms with Gasteiger partial charge in [-0.25, -0.2) is 4.68 Å². The summed E-state index contributed by atoms with van der Waals surface area (Å²) in [5, 5.41) is 4.86. The van der Waals surface area contributed by atoms with Gasteiger partial charge in [-0.2, -0.15) is 5.10 Å². The van der Waals surface area contributed by atoms with Crippen LogP contribution in [0, 0.1) is 0 Å². The Morgan fingerprint density at radius 2 is 1.84 bits per heavy atom. The number of morpholine rings is 1. The SMILES string of the molecule is COc1ccc(OC)c(-c2nn(-c3ccccc3)cc2CCC(=O)N2CCOCC2)c1. The van der Waals surface area contributed by atoms with E-state index in [0.717, 1.165) is 28.3 Å². The van der Waals surface area contributed by atoms with E-state index in [0.29, 0.717) is 44.9 Å². The molecule has 0 atom stereocenters. The van der Waals surface area contributed by atoms with Crippen LogP contribution in [0.25, 0.3) is 16.9 Å². The van der Waals surface area contributed by atoms with Gasteiger partial charge in [0.2, 0.25) is 5.91 Å². The summed E-state index contributed by atoms with van der Waals surface area (Å²) in [6, 6.07) is 15.6. The Hall–Kier alpha value is -3.32. The monoisotopic (exact) mass is 421 g/mol. The molecule has 0 bridgehead atoms. The third-order valence-corrected chi connectivity index (χ3v) is 5.44. The number of carbonyl (C=O) groups is 1. The first kappa shape index (κ1) is 20.9. The van der Waals surface area contributed by atoms with E-state index >= 15 is 0 Å². The topological polar surface area (TPSA) is 65.8 Å². The fourth-order valence-electron chi connectivity index (χ4n) is 3.74. The summed E-state index contributed by atoms with van der Waals surface area (Å²) in [6.07, 6.45) is 2.99. The molecule has 0 radical (unpaired) electrons. The fraction of sp³-hybridized carbons (Fsp3) is 0.333. The van der Waals surface area contributed by atoms with Gasteiger partial charge in [-0.1, -0.05) is 18.2 Å². The predicted octanol–water partition coefficient (Wildman–Crippen LogP) is 3.35. The predicted molar refractivity (Wildman–Crippen MR) is 118 cm³/mol. The minimum absolute atomic E-state index is 0.138. The lowest BCUT2D eigenvalue weighted by atomic mass is 10.0.